The van der Waals surface area contributed by atoms with Gasteiger partial charge in [-0.2, -0.15) is 0 Å². The third kappa shape index (κ3) is 2.32. The summed E-state index contributed by atoms with van der Waals surface area (Å²) in [4.78, 5) is 5.76. The predicted octanol–water partition coefficient (Wildman–Crippen LogP) is 2.10. The number of nitrogens with two attached hydrogens (primary N) is 1. The third-order valence-corrected chi connectivity index (χ3v) is 3.69. The van der Waals surface area contributed by atoms with Crippen LogP contribution < -0.4 is 11.3 Å². The normalized spacial score (nSPS) is 12.9. The fourth-order valence-corrected chi connectivity index (χ4v) is 2.53. The summed E-state index contributed by atoms with van der Waals surface area (Å²) >= 11 is 1.72. The van der Waals surface area contributed by atoms with E-state index in [9.17, 15) is 0 Å². The lowest BCUT2D eigenvalue weighted by Gasteiger charge is -2.11. The van der Waals surface area contributed by atoms with Crippen molar-refractivity contribution in [1.29, 1.82) is 0 Å². The first kappa shape index (κ1) is 11.3. The molecule has 0 aliphatic carbocycles. The molecule has 0 aromatic carbocycles. The van der Waals surface area contributed by atoms with E-state index in [0.717, 1.165) is 22.7 Å². The van der Waals surface area contributed by atoms with Crippen LogP contribution in [0.2, 0.25) is 0 Å². The van der Waals surface area contributed by atoms with Gasteiger partial charge in [0.25, 0.3) is 0 Å². The maximum atomic E-state index is 5.54. The van der Waals surface area contributed by atoms with Crippen LogP contribution >= 0.6 is 11.3 Å². The van der Waals surface area contributed by atoms with Crippen LogP contribution in [-0.4, -0.2) is 4.98 Å². The Balaban J connectivity index is 2.13. The molecule has 0 saturated carbocycles. The summed E-state index contributed by atoms with van der Waals surface area (Å²) in [5.74, 6) is 5.54. The molecule has 1 unspecified atom stereocenters. The zero-order chi connectivity index (χ0) is 11.5. The molecule has 0 bridgehead atoms. The molecule has 0 radical (unpaired) electrons. The van der Waals surface area contributed by atoms with Crippen molar-refractivity contribution in [2.75, 3.05) is 0 Å². The van der Waals surface area contributed by atoms with Crippen molar-refractivity contribution in [2.45, 2.75) is 26.3 Å². The number of aryl methyl sites for hydroxylation is 2. The van der Waals surface area contributed by atoms with Gasteiger partial charge in [-0.3, -0.25) is 11.3 Å². The lowest BCUT2D eigenvalue weighted by molar-refractivity contribution is 0.525. The number of rotatable bonds is 4. The second-order valence-corrected chi connectivity index (χ2v) is 5.02. The van der Waals surface area contributed by atoms with Crippen LogP contribution in [0, 0.1) is 13.8 Å². The molecule has 0 aliphatic heterocycles. The van der Waals surface area contributed by atoms with Gasteiger partial charge < -0.3 is 4.42 Å². The molecule has 0 saturated heterocycles. The molecule has 4 nitrogen and oxygen atoms in total. The Kier molecular flexibility index (Phi) is 3.38. The van der Waals surface area contributed by atoms with Gasteiger partial charge >= 0.3 is 0 Å². The topological polar surface area (TPSA) is 64.1 Å². The fourth-order valence-electron chi connectivity index (χ4n) is 1.55. The zero-order valence-corrected chi connectivity index (χ0v) is 10.2. The van der Waals surface area contributed by atoms with Crippen LogP contribution in [-0.2, 0) is 6.42 Å². The molecule has 1 atom stereocenters. The van der Waals surface area contributed by atoms with Gasteiger partial charge in [0.15, 0.2) is 0 Å². The van der Waals surface area contributed by atoms with Gasteiger partial charge in [-0.25, -0.2) is 4.98 Å². The van der Waals surface area contributed by atoms with Crippen LogP contribution in [0.15, 0.2) is 23.0 Å². The smallest absolute Gasteiger partial charge is 0.0951 e. The lowest BCUT2D eigenvalue weighted by atomic mass is 10.1. The second-order valence-electron chi connectivity index (χ2n) is 3.73. The minimum Gasteiger partial charge on any atom is -0.472 e. The predicted molar refractivity (Wildman–Crippen MR) is 64.1 cm³/mol. The third-order valence-electron chi connectivity index (χ3n) is 2.60. The molecule has 0 aliphatic rings. The number of furan rings is 1. The Labute approximate surface area is 98.5 Å². The number of hydrogen-bond donors (Lipinski definition) is 2. The Morgan fingerprint density at radius 1 is 1.56 bits per heavy atom. The van der Waals surface area contributed by atoms with Gasteiger partial charge in [-0.1, -0.05) is 0 Å². The minimum atomic E-state index is 0.0590. The summed E-state index contributed by atoms with van der Waals surface area (Å²) in [6.45, 7) is 4.11. The van der Waals surface area contributed by atoms with Crippen molar-refractivity contribution in [2.24, 2.45) is 5.84 Å². The first-order valence-corrected chi connectivity index (χ1v) is 5.93. The molecule has 2 aromatic heterocycles. The maximum absolute atomic E-state index is 5.54. The van der Waals surface area contributed by atoms with E-state index in [2.05, 4.69) is 17.3 Å². The highest BCUT2D eigenvalue weighted by Gasteiger charge is 2.14. The number of nitrogens with zero attached hydrogens (tertiary/aromatic N) is 1. The van der Waals surface area contributed by atoms with E-state index < -0.39 is 0 Å². The Morgan fingerprint density at radius 2 is 2.38 bits per heavy atom. The van der Waals surface area contributed by atoms with Crippen LogP contribution in [0.3, 0.4) is 0 Å². The first-order valence-electron chi connectivity index (χ1n) is 5.12. The van der Waals surface area contributed by atoms with Crippen LogP contribution in [0.1, 0.15) is 27.2 Å². The van der Waals surface area contributed by atoms with E-state index in [1.54, 1.807) is 23.9 Å². The largest absolute Gasteiger partial charge is 0.472 e. The molecular formula is C11H15N3OS. The summed E-state index contributed by atoms with van der Waals surface area (Å²) in [6.07, 6.45) is 4.14. The summed E-state index contributed by atoms with van der Waals surface area (Å²) < 4.78 is 5.05. The number of hydrazine groups is 1. The Hall–Kier alpha value is -1.17. The van der Waals surface area contributed by atoms with E-state index >= 15 is 0 Å². The molecule has 86 valence electrons. The number of thiazole rings is 1. The molecule has 5 heteroatoms. The molecule has 3 N–H and O–H groups in total. The lowest BCUT2D eigenvalue weighted by Crippen LogP contribution is -2.29. The van der Waals surface area contributed by atoms with Gasteiger partial charge in [-0.05, 0) is 19.9 Å². The molecule has 2 rings (SSSR count). The van der Waals surface area contributed by atoms with Crippen molar-refractivity contribution in [3.05, 3.63) is 39.7 Å². The second kappa shape index (κ2) is 4.78. The summed E-state index contributed by atoms with van der Waals surface area (Å²) in [5.41, 5.74) is 4.94. The average molecular weight is 237 g/mol. The highest BCUT2D eigenvalue weighted by Crippen LogP contribution is 2.23. The fraction of sp³-hybridized carbons (Fsp3) is 0.364. The van der Waals surface area contributed by atoms with E-state index in [1.165, 1.54) is 4.88 Å². The quantitative estimate of drug-likeness (QED) is 0.631. The van der Waals surface area contributed by atoms with Gasteiger partial charge in [0.05, 0.1) is 29.3 Å². The van der Waals surface area contributed by atoms with Gasteiger partial charge in [0.1, 0.15) is 0 Å². The van der Waals surface area contributed by atoms with E-state index in [4.69, 9.17) is 10.3 Å². The van der Waals surface area contributed by atoms with Crippen molar-refractivity contribution < 1.29 is 4.42 Å². The summed E-state index contributed by atoms with van der Waals surface area (Å²) in [5, 5.41) is 1.10. The highest BCUT2D eigenvalue weighted by atomic mass is 32.1. The van der Waals surface area contributed by atoms with Crippen molar-refractivity contribution >= 4 is 11.3 Å². The van der Waals surface area contributed by atoms with E-state index in [-0.39, 0.29) is 6.04 Å². The molecule has 0 amide bonds. The molecule has 2 heterocycles. The number of aromatic nitrogens is 1. The van der Waals surface area contributed by atoms with E-state index in [0.29, 0.717) is 0 Å². The average Bonchev–Trinajstić information content (AvgIpc) is 2.86. The Morgan fingerprint density at radius 3 is 2.88 bits per heavy atom. The van der Waals surface area contributed by atoms with Gasteiger partial charge in [-0.15, -0.1) is 11.3 Å². The summed E-state index contributed by atoms with van der Waals surface area (Å²) in [6, 6.07) is 1.97. The number of hydrogen-bond acceptors (Lipinski definition) is 5. The van der Waals surface area contributed by atoms with Crippen molar-refractivity contribution in [3.8, 4) is 0 Å². The number of nitrogens with one attached hydrogen (secondary N) is 1. The Bertz CT molecular complexity index is 430. The van der Waals surface area contributed by atoms with E-state index in [1.807, 2.05) is 13.0 Å². The molecule has 2 aromatic rings. The summed E-state index contributed by atoms with van der Waals surface area (Å²) in [7, 11) is 0. The minimum absolute atomic E-state index is 0.0590. The van der Waals surface area contributed by atoms with Crippen LogP contribution in [0.5, 0.6) is 0 Å². The SMILES string of the molecule is Cc1nc(CC(NN)c2ccoc2)sc1C. The molecule has 16 heavy (non-hydrogen) atoms. The molecule has 0 spiro atoms. The van der Waals surface area contributed by atoms with Crippen molar-refractivity contribution in [3.63, 3.8) is 0 Å². The van der Waals surface area contributed by atoms with Crippen molar-refractivity contribution in [1.82, 2.24) is 10.4 Å². The van der Waals surface area contributed by atoms with Gasteiger partial charge in [0, 0.05) is 16.9 Å². The maximum Gasteiger partial charge on any atom is 0.0951 e. The van der Waals surface area contributed by atoms with Crippen LogP contribution in [0.4, 0.5) is 0 Å². The first-order chi connectivity index (χ1) is 7.70. The zero-order valence-electron chi connectivity index (χ0n) is 9.36. The van der Waals surface area contributed by atoms with Gasteiger partial charge in [0.2, 0.25) is 0 Å². The highest BCUT2D eigenvalue weighted by molar-refractivity contribution is 7.11. The van der Waals surface area contributed by atoms with Crippen LogP contribution in [0.25, 0.3) is 0 Å². The molecular weight excluding hydrogens is 222 g/mol. The molecule has 0 fully saturated rings. The standard InChI is InChI=1S/C11H15N3OS/c1-7-8(2)16-11(13-7)5-10(14-12)9-3-4-15-6-9/h3-4,6,10,14H,5,12H2,1-2H3. The monoisotopic (exact) mass is 237 g/mol.